The van der Waals surface area contributed by atoms with Gasteiger partial charge in [0.2, 0.25) is 0 Å². The summed E-state index contributed by atoms with van der Waals surface area (Å²) in [5, 5.41) is 1.11. The van der Waals surface area contributed by atoms with Gasteiger partial charge in [-0.15, -0.1) is 11.3 Å². The van der Waals surface area contributed by atoms with Crippen LogP contribution in [0.1, 0.15) is 57.0 Å². The molecule has 0 amide bonds. The number of aromatic nitrogens is 1. The van der Waals surface area contributed by atoms with Gasteiger partial charge in [-0.1, -0.05) is 27.7 Å². The average Bonchev–Trinajstić information content (AvgIpc) is 2.74. The molecule has 0 aliphatic rings. The third-order valence-electron chi connectivity index (χ3n) is 3.24. The van der Waals surface area contributed by atoms with E-state index in [2.05, 4.69) is 39.6 Å². The van der Waals surface area contributed by atoms with Crippen molar-refractivity contribution in [3.63, 3.8) is 0 Å². The Bertz CT molecular complexity index is 342. The van der Waals surface area contributed by atoms with E-state index in [0.717, 1.165) is 18.0 Å². The second kappa shape index (κ2) is 6.36. The molecule has 0 aliphatic carbocycles. The monoisotopic (exact) mass is 255 g/mol. The summed E-state index contributed by atoms with van der Waals surface area (Å²) in [5.41, 5.74) is 6.97. The predicted molar refractivity (Wildman–Crippen MR) is 76.9 cm³/mol. The Labute approximate surface area is 109 Å². The van der Waals surface area contributed by atoms with Gasteiger partial charge in [0, 0.05) is 24.5 Å². The van der Waals surface area contributed by atoms with Gasteiger partial charge in [0.25, 0.3) is 0 Å². The van der Waals surface area contributed by atoms with Crippen LogP contribution in [0.25, 0.3) is 0 Å². The van der Waals surface area contributed by atoms with E-state index >= 15 is 0 Å². The Balaban J connectivity index is 2.98. The van der Waals surface area contributed by atoms with Crippen LogP contribution in [-0.4, -0.2) is 18.1 Å². The van der Waals surface area contributed by atoms with Crippen LogP contribution < -0.4 is 10.6 Å². The third kappa shape index (κ3) is 3.19. The zero-order valence-electron chi connectivity index (χ0n) is 11.7. The summed E-state index contributed by atoms with van der Waals surface area (Å²) in [4.78, 5) is 8.29. The predicted octanol–water partition coefficient (Wildman–Crippen LogP) is 3.35. The van der Waals surface area contributed by atoms with E-state index in [9.17, 15) is 0 Å². The van der Waals surface area contributed by atoms with Crippen molar-refractivity contribution in [1.29, 1.82) is 0 Å². The number of anilines is 1. The van der Waals surface area contributed by atoms with Crippen LogP contribution in [0.5, 0.6) is 0 Å². The molecule has 1 aromatic heterocycles. The Kier molecular flexibility index (Phi) is 5.40. The highest BCUT2D eigenvalue weighted by molar-refractivity contribution is 7.15. The number of rotatable bonds is 6. The van der Waals surface area contributed by atoms with Crippen molar-refractivity contribution in [3.8, 4) is 0 Å². The van der Waals surface area contributed by atoms with Gasteiger partial charge in [0.05, 0.1) is 5.69 Å². The largest absolute Gasteiger partial charge is 0.348 e. The van der Waals surface area contributed by atoms with Crippen molar-refractivity contribution in [2.24, 2.45) is 5.73 Å². The molecule has 1 heterocycles. The maximum absolute atomic E-state index is 5.79. The lowest BCUT2D eigenvalue weighted by Crippen LogP contribution is -2.30. The minimum atomic E-state index is 0.452. The van der Waals surface area contributed by atoms with E-state index in [4.69, 9.17) is 10.7 Å². The smallest absolute Gasteiger partial charge is 0.185 e. The molecule has 0 fully saturated rings. The lowest BCUT2D eigenvalue weighted by Gasteiger charge is -2.25. The van der Waals surface area contributed by atoms with Crippen LogP contribution in [-0.2, 0) is 6.54 Å². The van der Waals surface area contributed by atoms with Crippen molar-refractivity contribution in [2.75, 3.05) is 11.9 Å². The van der Waals surface area contributed by atoms with Crippen molar-refractivity contribution >= 4 is 16.5 Å². The first-order chi connectivity index (χ1) is 8.04. The standard InChI is InChI=1S/C13H25N3S/c1-6-10(7-2)16(5)13-15-12(9(3)4)11(8-14)17-13/h9-10H,6-8,14H2,1-5H3. The lowest BCUT2D eigenvalue weighted by atomic mass is 10.1. The van der Waals surface area contributed by atoms with Gasteiger partial charge in [0.15, 0.2) is 5.13 Å². The fourth-order valence-corrected chi connectivity index (χ4v) is 3.22. The highest BCUT2D eigenvalue weighted by Gasteiger charge is 2.18. The molecule has 4 heteroatoms. The van der Waals surface area contributed by atoms with E-state index in [1.165, 1.54) is 10.6 Å². The SMILES string of the molecule is CCC(CC)N(C)c1nc(C(C)C)c(CN)s1. The number of hydrogen-bond donors (Lipinski definition) is 1. The molecule has 0 spiro atoms. The molecule has 2 N–H and O–H groups in total. The van der Waals surface area contributed by atoms with E-state index in [0.29, 0.717) is 18.5 Å². The molecular weight excluding hydrogens is 230 g/mol. The molecule has 17 heavy (non-hydrogen) atoms. The minimum Gasteiger partial charge on any atom is -0.348 e. The molecule has 98 valence electrons. The van der Waals surface area contributed by atoms with E-state index in [1.54, 1.807) is 11.3 Å². The van der Waals surface area contributed by atoms with Crippen LogP contribution in [0.2, 0.25) is 0 Å². The van der Waals surface area contributed by atoms with Crippen LogP contribution in [0.4, 0.5) is 5.13 Å². The van der Waals surface area contributed by atoms with Crippen molar-refractivity contribution in [1.82, 2.24) is 4.98 Å². The maximum atomic E-state index is 5.79. The lowest BCUT2D eigenvalue weighted by molar-refractivity contribution is 0.589. The molecule has 0 saturated carbocycles. The maximum Gasteiger partial charge on any atom is 0.185 e. The summed E-state index contributed by atoms with van der Waals surface area (Å²) in [7, 11) is 2.14. The second-order valence-electron chi connectivity index (χ2n) is 4.74. The molecule has 3 nitrogen and oxygen atoms in total. The number of nitrogens with two attached hydrogens (primary N) is 1. The minimum absolute atomic E-state index is 0.452. The fourth-order valence-electron chi connectivity index (χ4n) is 2.09. The third-order valence-corrected chi connectivity index (χ3v) is 4.42. The molecule has 0 atom stereocenters. The molecule has 0 aromatic carbocycles. The quantitative estimate of drug-likeness (QED) is 0.847. The summed E-state index contributed by atoms with van der Waals surface area (Å²) in [6.45, 7) is 9.41. The molecule has 0 saturated heterocycles. The van der Waals surface area contributed by atoms with Crippen molar-refractivity contribution in [2.45, 2.75) is 59.0 Å². The van der Waals surface area contributed by atoms with Gasteiger partial charge < -0.3 is 10.6 Å². The average molecular weight is 255 g/mol. The van der Waals surface area contributed by atoms with Crippen molar-refractivity contribution in [3.05, 3.63) is 10.6 Å². The first-order valence-electron chi connectivity index (χ1n) is 6.47. The van der Waals surface area contributed by atoms with E-state index < -0.39 is 0 Å². The molecule has 0 radical (unpaired) electrons. The number of hydrogen-bond acceptors (Lipinski definition) is 4. The molecule has 1 rings (SSSR count). The Morgan fingerprint density at radius 1 is 1.29 bits per heavy atom. The van der Waals surface area contributed by atoms with Crippen LogP contribution in [0.3, 0.4) is 0 Å². The highest BCUT2D eigenvalue weighted by atomic mass is 32.1. The van der Waals surface area contributed by atoms with Gasteiger partial charge in [0.1, 0.15) is 0 Å². The van der Waals surface area contributed by atoms with Gasteiger partial charge in [-0.2, -0.15) is 0 Å². The zero-order valence-corrected chi connectivity index (χ0v) is 12.5. The van der Waals surface area contributed by atoms with E-state index in [-0.39, 0.29) is 0 Å². The molecule has 1 aromatic rings. The van der Waals surface area contributed by atoms with E-state index in [1.807, 2.05) is 0 Å². The summed E-state index contributed by atoms with van der Waals surface area (Å²) < 4.78 is 0. The number of thiazole rings is 1. The van der Waals surface area contributed by atoms with Gasteiger partial charge in [-0.3, -0.25) is 0 Å². The van der Waals surface area contributed by atoms with Gasteiger partial charge in [-0.25, -0.2) is 4.98 Å². The first kappa shape index (κ1) is 14.5. The Morgan fingerprint density at radius 2 is 1.88 bits per heavy atom. The Hall–Kier alpha value is -0.610. The summed E-state index contributed by atoms with van der Waals surface area (Å²) >= 11 is 1.74. The van der Waals surface area contributed by atoms with Crippen molar-refractivity contribution < 1.29 is 0 Å². The molecule has 0 aliphatic heterocycles. The molecule has 0 unspecified atom stereocenters. The fraction of sp³-hybridized carbons (Fsp3) is 0.769. The number of nitrogens with zero attached hydrogens (tertiary/aromatic N) is 2. The second-order valence-corrected chi connectivity index (χ2v) is 5.81. The van der Waals surface area contributed by atoms with Crippen LogP contribution in [0, 0.1) is 0 Å². The van der Waals surface area contributed by atoms with Gasteiger partial charge >= 0.3 is 0 Å². The Morgan fingerprint density at radius 3 is 2.24 bits per heavy atom. The topological polar surface area (TPSA) is 42.2 Å². The zero-order chi connectivity index (χ0) is 13.0. The van der Waals surface area contributed by atoms with Gasteiger partial charge in [-0.05, 0) is 18.8 Å². The normalized spacial score (nSPS) is 11.5. The first-order valence-corrected chi connectivity index (χ1v) is 7.29. The molecule has 0 bridgehead atoms. The van der Waals surface area contributed by atoms with Crippen LogP contribution in [0.15, 0.2) is 0 Å². The highest BCUT2D eigenvalue weighted by Crippen LogP contribution is 2.31. The summed E-state index contributed by atoms with van der Waals surface area (Å²) in [6, 6.07) is 0.576. The summed E-state index contributed by atoms with van der Waals surface area (Å²) in [6.07, 6.45) is 2.31. The van der Waals surface area contributed by atoms with Crippen LogP contribution >= 0.6 is 11.3 Å². The molecular formula is C13H25N3S. The summed E-state index contributed by atoms with van der Waals surface area (Å²) in [5.74, 6) is 0.452.